The molecule has 2 heterocycles. The molecule has 0 aromatic rings. The Bertz CT molecular complexity index is 266. The first-order valence-corrected chi connectivity index (χ1v) is 6.72. The predicted octanol–water partition coefficient (Wildman–Crippen LogP) is 1.14. The maximum atomic E-state index is 2.77. The molecule has 4 fully saturated rings. The molecule has 84 valence electrons. The van der Waals surface area contributed by atoms with Gasteiger partial charge in [-0.2, -0.15) is 0 Å². The monoisotopic (exact) mass is 206 g/mol. The molecule has 2 nitrogen and oxygen atoms in total. The van der Waals surface area contributed by atoms with E-state index in [9.17, 15) is 0 Å². The summed E-state index contributed by atoms with van der Waals surface area (Å²) in [6.07, 6.45) is 3.06. The van der Waals surface area contributed by atoms with Gasteiger partial charge in [-0.3, -0.25) is 0 Å². The molecule has 2 aliphatic heterocycles. The van der Waals surface area contributed by atoms with Crippen molar-refractivity contribution in [2.75, 3.05) is 39.8 Å². The molecule has 0 spiro atoms. The van der Waals surface area contributed by atoms with Crippen LogP contribution in [0.2, 0.25) is 0 Å². The average molecular weight is 206 g/mol. The zero-order valence-corrected chi connectivity index (χ0v) is 9.73. The van der Waals surface area contributed by atoms with Crippen LogP contribution in [-0.2, 0) is 0 Å². The molecule has 0 N–H and O–H groups in total. The van der Waals surface area contributed by atoms with Crippen LogP contribution in [0, 0.1) is 29.6 Å². The maximum Gasteiger partial charge on any atom is 0.00163 e. The molecule has 2 aliphatic carbocycles. The Morgan fingerprint density at radius 3 is 2.60 bits per heavy atom. The van der Waals surface area contributed by atoms with E-state index in [0.717, 1.165) is 29.6 Å². The number of likely N-dealkylation sites (tertiary alicyclic amines) is 2. The van der Waals surface area contributed by atoms with Gasteiger partial charge in [0.2, 0.25) is 0 Å². The second kappa shape index (κ2) is 2.98. The third-order valence-electron chi connectivity index (χ3n) is 5.40. The van der Waals surface area contributed by atoms with E-state index < -0.39 is 0 Å². The first-order chi connectivity index (χ1) is 7.31. The molecule has 0 aromatic carbocycles. The topological polar surface area (TPSA) is 6.48 Å². The Morgan fingerprint density at radius 1 is 1.07 bits per heavy atom. The summed E-state index contributed by atoms with van der Waals surface area (Å²) in [5.74, 6) is 5.49. The summed E-state index contributed by atoms with van der Waals surface area (Å²) in [5, 5.41) is 0. The standard InChI is InChI=1S/C13H22N2/c1-14-6-11-12(7-14)13(11)8-15-3-2-9-4-10(9)5-15/h9-13H,2-8H2,1H3. The molecule has 4 rings (SSSR count). The highest BCUT2D eigenvalue weighted by atomic mass is 15.2. The largest absolute Gasteiger partial charge is 0.306 e. The molecular formula is C13H22N2. The fourth-order valence-corrected chi connectivity index (χ4v) is 4.25. The van der Waals surface area contributed by atoms with Crippen LogP contribution in [0.25, 0.3) is 0 Å². The van der Waals surface area contributed by atoms with E-state index in [1.165, 1.54) is 39.1 Å². The van der Waals surface area contributed by atoms with Crippen molar-refractivity contribution in [1.82, 2.24) is 9.80 Å². The second-order valence-corrected chi connectivity index (χ2v) is 6.52. The predicted molar refractivity (Wildman–Crippen MR) is 60.6 cm³/mol. The Balaban J connectivity index is 1.31. The van der Waals surface area contributed by atoms with Crippen molar-refractivity contribution in [3.8, 4) is 0 Å². The minimum atomic E-state index is 1.08. The van der Waals surface area contributed by atoms with Crippen LogP contribution in [0.5, 0.6) is 0 Å². The van der Waals surface area contributed by atoms with Gasteiger partial charge in [0.05, 0.1) is 0 Å². The van der Waals surface area contributed by atoms with E-state index in [4.69, 9.17) is 0 Å². The summed E-state index contributed by atoms with van der Waals surface area (Å²) in [6, 6.07) is 0. The summed E-state index contributed by atoms with van der Waals surface area (Å²) in [6.45, 7) is 7.06. The van der Waals surface area contributed by atoms with Gasteiger partial charge in [-0.15, -0.1) is 0 Å². The van der Waals surface area contributed by atoms with Gasteiger partial charge >= 0.3 is 0 Å². The lowest BCUT2D eigenvalue weighted by Crippen LogP contribution is -2.34. The van der Waals surface area contributed by atoms with Crippen LogP contribution in [0.4, 0.5) is 0 Å². The van der Waals surface area contributed by atoms with Gasteiger partial charge < -0.3 is 9.80 Å². The highest BCUT2D eigenvalue weighted by Crippen LogP contribution is 2.52. The van der Waals surface area contributed by atoms with Crippen LogP contribution in [0.1, 0.15) is 12.8 Å². The first kappa shape index (κ1) is 9.00. The van der Waals surface area contributed by atoms with Crippen LogP contribution in [0.15, 0.2) is 0 Å². The van der Waals surface area contributed by atoms with Crippen molar-refractivity contribution in [2.24, 2.45) is 29.6 Å². The Kier molecular flexibility index (Phi) is 1.79. The lowest BCUT2D eigenvalue weighted by molar-refractivity contribution is 0.195. The number of hydrogen-bond donors (Lipinski definition) is 0. The average Bonchev–Trinajstić information content (AvgIpc) is 3.06. The van der Waals surface area contributed by atoms with Gasteiger partial charge in [0, 0.05) is 26.2 Å². The molecule has 4 unspecified atom stereocenters. The Hall–Kier alpha value is -0.0800. The molecule has 2 heteroatoms. The summed E-state index contributed by atoms with van der Waals surface area (Å²) in [7, 11) is 2.28. The SMILES string of the molecule is CN1CC2C(C1)C2CN1CCC2CC2C1. The molecule has 15 heavy (non-hydrogen) atoms. The molecular weight excluding hydrogens is 184 g/mol. The summed E-state index contributed by atoms with van der Waals surface area (Å²) >= 11 is 0. The van der Waals surface area contributed by atoms with Crippen molar-refractivity contribution >= 4 is 0 Å². The third kappa shape index (κ3) is 1.45. The fraction of sp³-hybridized carbons (Fsp3) is 1.00. The third-order valence-corrected chi connectivity index (χ3v) is 5.40. The van der Waals surface area contributed by atoms with E-state index >= 15 is 0 Å². The highest BCUT2D eigenvalue weighted by molar-refractivity contribution is 5.06. The van der Waals surface area contributed by atoms with Gasteiger partial charge in [-0.1, -0.05) is 0 Å². The quantitative estimate of drug-likeness (QED) is 0.668. The van der Waals surface area contributed by atoms with Crippen LogP contribution in [0.3, 0.4) is 0 Å². The molecule has 2 saturated carbocycles. The minimum Gasteiger partial charge on any atom is -0.306 e. The van der Waals surface area contributed by atoms with Crippen LogP contribution < -0.4 is 0 Å². The molecule has 0 bridgehead atoms. The maximum absolute atomic E-state index is 2.77. The van der Waals surface area contributed by atoms with Crippen molar-refractivity contribution in [3.63, 3.8) is 0 Å². The molecule has 0 radical (unpaired) electrons. The van der Waals surface area contributed by atoms with E-state index in [2.05, 4.69) is 16.8 Å². The number of nitrogens with zero attached hydrogens (tertiary/aromatic N) is 2. The molecule has 4 aliphatic rings. The van der Waals surface area contributed by atoms with E-state index in [1.807, 2.05) is 0 Å². The fourth-order valence-electron chi connectivity index (χ4n) is 4.25. The molecule has 2 saturated heterocycles. The normalized spacial score (nSPS) is 53.8. The number of fused-ring (bicyclic) bond motifs is 2. The van der Waals surface area contributed by atoms with Gasteiger partial charge in [0.1, 0.15) is 0 Å². The Labute approximate surface area is 92.6 Å². The Morgan fingerprint density at radius 2 is 1.87 bits per heavy atom. The number of hydrogen-bond acceptors (Lipinski definition) is 2. The van der Waals surface area contributed by atoms with Crippen molar-refractivity contribution in [1.29, 1.82) is 0 Å². The van der Waals surface area contributed by atoms with Gasteiger partial charge in [0.15, 0.2) is 0 Å². The highest BCUT2D eigenvalue weighted by Gasteiger charge is 2.55. The zero-order chi connectivity index (χ0) is 9.99. The summed E-state index contributed by atoms with van der Waals surface area (Å²) in [5.41, 5.74) is 0. The number of rotatable bonds is 2. The van der Waals surface area contributed by atoms with Gasteiger partial charge in [-0.05, 0) is 56.0 Å². The van der Waals surface area contributed by atoms with E-state index in [0.29, 0.717) is 0 Å². The van der Waals surface area contributed by atoms with E-state index in [1.54, 1.807) is 6.42 Å². The van der Waals surface area contributed by atoms with Crippen LogP contribution in [-0.4, -0.2) is 49.6 Å². The summed E-state index contributed by atoms with van der Waals surface area (Å²) in [4.78, 5) is 5.29. The minimum absolute atomic E-state index is 1.08. The van der Waals surface area contributed by atoms with E-state index in [-0.39, 0.29) is 0 Å². The van der Waals surface area contributed by atoms with Gasteiger partial charge in [-0.25, -0.2) is 0 Å². The van der Waals surface area contributed by atoms with Crippen molar-refractivity contribution in [3.05, 3.63) is 0 Å². The smallest absolute Gasteiger partial charge is 0.00163 e. The summed E-state index contributed by atoms with van der Waals surface area (Å²) < 4.78 is 0. The molecule has 0 amide bonds. The molecule has 4 atom stereocenters. The molecule has 0 aromatic heterocycles. The van der Waals surface area contributed by atoms with Crippen molar-refractivity contribution < 1.29 is 0 Å². The first-order valence-electron chi connectivity index (χ1n) is 6.72. The van der Waals surface area contributed by atoms with Gasteiger partial charge in [0.25, 0.3) is 0 Å². The zero-order valence-electron chi connectivity index (χ0n) is 9.73. The second-order valence-electron chi connectivity index (χ2n) is 6.52. The van der Waals surface area contributed by atoms with Crippen LogP contribution >= 0.6 is 0 Å². The lowest BCUT2D eigenvalue weighted by atomic mass is 10.1. The lowest BCUT2D eigenvalue weighted by Gasteiger charge is -2.27. The number of piperidine rings is 2. The van der Waals surface area contributed by atoms with Crippen molar-refractivity contribution in [2.45, 2.75) is 12.8 Å².